The molecule has 3 aromatic carbocycles. The molecular weight excluding hydrogens is 1370 g/mol. The predicted octanol–water partition coefficient (Wildman–Crippen LogP) is 12.9. The molecule has 0 spiro atoms. The van der Waals surface area contributed by atoms with Gasteiger partial charge in [-0.1, -0.05) is 0 Å². The Kier molecular flexibility index (Phi) is 13.9. The SMILES string of the molecule is CC12c3cc(C#[C][Sn]([CH3])([CH3])[CH3])c(C#[C][Sn]([CH3])([CH3])[CH3])cc3C3(C)c4cc(C#[C][Sn]([CH3])([CH3])[CH3])c(C#[C][Sn]([CH3])([CH3])[CH3])cc4C(C)(c4cc(C#[C][Sn]([CH3])([CH3])[CH3])c(C#[C][Sn]([CH3])([CH3])[CH3])cc41)C23. The minimum atomic E-state index is -2.47. The Bertz CT molecular complexity index is 2290. The number of rotatable bonds is 0. The third kappa shape index (κ3) is 10.5. The monoisotopic (exact) mass is 1450 g/mol. The molecule has 0 unspecified atom stereocenters. The second-order valence-electron chi connectivity index (χ2n) is 24.9. The first-order valence-corrected chi connectivity index (χ1v) is 82.3. The summed E-state index contributed by atoms with van der Waals surface area (Å²) >= 11 is -14.8. The molecule has 0 aliphatic heterocycles. The molecule has 61 heavy (non-hydrogen) atoms. The van der Waals surface area contributed by atoms with Crippen LogP contribution in [0.4, 0.5) is 0 Å². The fraction of sp³-hybridized carbons (Fsp3) is 0.455. The van der Waals surface area contributed by atoms with Crippen molar-refractivity contribution in [1.82, 2.24) is 0 Å². The molecule has 3 aliphatic rings. The van der Waals surface area contributed by atoms with Crippen molar-refractivity contribution < 1.29 is 0 Å². The Morgan fingerprint density at radius 2 is 0.410 bits per heavy atom. The van der Waals surface area contributed by atoms with E-state index in [1.54, 1.807) is 0 Å². The van der Waals surface area contributed by atoms with Gasteiger partial charge in [0.15, 0.2) is 0 Å². The Balaban J connectivity index is 1.85. The second kappa shape index (κ2) is 16.8. The number of fused-ring (bicyclic) bond motifs is 9. The van der Waals surface area contributed by atoms with Crippen LogP contribution in [0.1, 0.15) is 87.5 Å². The van der Waals surface area contributed by atoms with Gasteiger partial charge in [0.2, 0.25) is 0 Å². The summed E-state index contributed by atoms with van der Waals surface area (Å²) in [5.41, 5.74) is 14.2. The van der Waals surface area contributed by atoms with Gasteiger partial charge in [-0.15, -0.1) is 0 Å². The molecule has 0 saturated heterocycles. The fourth-order valence-electron chi connectivity index (χ4n) is 9.63. The van der Waals surface area contributed by atoms with Crippen molar-refractivity contribution in [2.75, 3.05) is 0 Å². The van der Waals surface area contributed by atoms with E-state index in [0.717, 1.165) is 33.4 Å². The van der Waals surface area contributed by atoms with E-state index in [1.165, 1.54) is 33.4 Å². The Morgan fingerprint density at radius 1 is 0.279 bits per heavy atom. The van der Waals surface area contributed by atoms with Gasteiger partial charge in [0.25, 0.3) is 0 Å². The first-order valence-electron chi connectivity index (χ1n) is 22.3. The number of benzene rings is 3. The summed E-state index contributed by atoms with van der Waals surface area (Å²) in [6.45, 7) is 7.70. The third-order valence-corrected chi connectivity index (χ3v) is 27.0. The summed E-state index contributed by atoms with van der Waals surface area (Å²) in [7, 11) is 0. The average Bonchev–Trinajstić information content (AvgIpc) is 3.53. The molecule has 0 amide bonds. The number of hydrogen-bond donors (Lipinski definition) is 0. The van der Waals surface area contributed by atoms with Crippen LogP contribution in [-0.4, -0.2) is 110 Å². The van der Waals surface area contributed by atoms with Crippen molar-refractivity contribution >= 4 is 110 Å². The second-order valence-corrected chi connectivity index (χ2v) is 106. The van der Waals surface area contributed by atoms with E-state index in [0.29, 0.717) is 0 Å². The van der Waals surface area contributed by atoms with Crippen LogP contribution in [0.5, 0.6) is 0 Å². The van der Waals surface area contributed by atoms with Crippen LogP contribution in [0.3, 0.4) is 0 Å². The van der Waals surface area contributed by atoms with Crippen molar-refractivity contribution in [3.63, 3.8) is 0 Å². The van der Waals surface area contributed by atoms with Gasteiger partial charge < -0.3 is 0 Å². The van der Waals surface area contributed by atoms with Gasteiger partial charge in [-0.2, -0.15) is 0 Å². The molecule has 0 nitrogen and oxygen atoms in total. The molecule has 0 radical (unpaired) electrons. The summed E-state index contributed by atoms with van der Waals surface area (Å²) < 4.78 is 23.0. The van der Waals surface area contributed by atoms with E-state index in [-0.39, 0.29) is 22.2 Å². The standard InChI is InChI=1S/C37H16.18CH3.6Sn/c1-10-22-16-28-29(17-23(22)11-2)36(8)32-20-26(14-5)27(15-6)21-33(32)37(9)31-19-25(13-4)24(12-3)18-30(31)35(28,7)34(36)37;;;;;;;;;;;;;;;;;;;;;;;;/h16-21,34H,7-9H3;18*1H3;;;;;;. The zero-order valence-electron chi connectivity index (χ0n) is 41.5. The van der Waals surface area contributed by atoms with E-state index in [2.05, 4.69) is 205 Å². The Labute approximate surface area is 398 Å². The van der Waals surface area contributed by atoms with Crippen molar-refractivity contribution in [3.05, 3.63) is 103 Å². The Morgan fingerprint density at radius 3 is 0.525 bits per heavy atom. The molecule has 0 fully saturated rings. The summed E-state index contributed by atoms with van der Waals surface area (Å²) in [5.74, 6) is 23.0. The van der Waals surface area contributed by atoms with Crippen molar-refractivity contribution in [2.24, 2.45) is 5.92 Å². The first-order chi connectivity index (χ1) is 27.6. The maximum absolute atomic E-state index is 3.83. The zero-order chi connectivity index (χ0) is 45.7. The van der Waals surface area contributed by atoms with E-state index >= 15 is 0 Å². The van der Waals surface area contributed by atoms with Crippen molar-refractivity contribution in [1.29, 1.82) is 0 Å². The van der Waals surface area contributed by atoms with Gasteiger partial charge in [0.1, 0.15) is 0 Å². The normalized spacial score (nSPS) is 22.1. The maximum atomic E-state index is 3.83. The molecular formula is C55H70Sn6. The summed E-state index contributed by atoms with van der Waals surface area (Å²) in [6.07, 6.45) is 0. The van der Waals surface area contributed by atoms with Crippen LogP contribution in [0, 0.1) is 65.1 Å². The van der Waals surface area contributed by atoms with Gasteiger partial charge in [0.05, 0.1) is 0 Å². The van der Waals surface area contributed by atoms with Gasteiger partial charge in [-0.3, -0.25) is 0 Å². The first kappa shape index (κ1) is 50.2. The summed E-state index contributed by atoms with van der Waals surface area (Å²) in [4.78, 5) is 43.4. The molecule has 314 valence electrons. The van der Waals surface area contributed by atoms with E-state index in [4.69, 9.17) is 0 Å². The topological polar surface area (TPSA) is 0 Å². The molecule has 0 aromatic heterocycles. The summed E-state index contributed by atoms with van der Waals surface area (Å²) in [5, 5.41) is 0. The third-order valence-electron chi connectivity index (χ3n) is 12.0. The molecule has 0 atom stereocenters. The quantitative estimate of drug-likeness (QED) is 0.155. The van der Waals surface area contributed by atoms with Crippen LogP contribution in [0.25, 0.3) is 0 Å². The predicted molar refractivity (Wildman–Crippen MR) is 284 cm³/mol. The van der Waals surface area contributed by atoms with Gasteiger partial charge in [-0.25, -0.2) is 0 Å². The molecule has 6 heteroatoms. The van der Waals surface area contributed by atoms with E-state index in [1.807, 2.05) is 0 Å². The van der Waals surface area contributed by atoms with Crippen LogP contribution in [0.15, 0.2) is 36.4 Å². The number of hydrogen-bond acceptors (Lipinski definition) is 0. The fourth-order valence-corrected chi connectivity index (χ4v) is 18.4. The molecule has 0 saturated carbocycles. The molecule has 0 heterocycles. The minimum absolute atomic E-state index is 0.223. The molecule has 0 bridgehead atoms. The molecule has 3 aliphatic carbocycles. The van der Waals surface area contributed by atoms with E-state index in [9.17, 15) is 0 Å². The van der Waals surface area contributed by atoms with Crippen LogP contribution >= 0.6 is 0 Å². The van der Waals surface area contributed by atoms with Gasteiger partial charge in [-0.05, 0) is 0 Å². The van der Waals surface area contributed by atoms with Gasteiger partial charge in [0, 0.05) is 0 Å². The van der Waals surface area contributed by atoms with Crippen molar-refractivity contribution in [2.45, 2.75) is 126 Å². The average molecular weight is 1440 g/mol. The van der Waals surface area contributed by atoms with Crippen LogP contribution < -0.4 is 0 Å². The Hall–Kier alpha value is -0.188. The molecule has 3 aromatic rings. The zero-order valence-corrected chi connectivity index (χ0v) is 58.7. The molecule has 0 N–H and O–H groups in total. The van der Waals surface area contributed by atoms with E-state index < -0.39 is 110 Å². The van der Waals surface area contributed by atoms with Crippen molar-refractivity contribution in [3.8, 4) is 59.1 Å². The van der Waals surface area contributed by atoms with Gasteiger partial charge >= 0.3 is 404 Å². The van der Waals surface area contributed by atoms with Crippen LogP contribution in [-0.2, 0) is 16.2 Å². The van der Waals surface area contributed by atoms with Crippen LogP contribution in [0.2, 0.25) is 88.9 Å². The summed E-state index contributed by atoms with van der Waals surface area (Å²) in [6, 6.07) is 15.0. The molecule has 6 rings (SSSR count).